The zero-order valence-corrected chi connectivity index (χ0v) is 27.2. The summed E-state index contributed by atoms with van der Waals surface area (Å²) in [4.78, 5) is 37.5. The van der Waals surface area contributed by atoms with Gasteiger partial charge in [0.25, 0.3) is 0 Å². The molecule has 2 aromatic carbocycles. The normalized spacial score (nSPS) is 29.6. The monoisotopic (exact) mass is 708 g/mol. The first kappa shape index (κ1) is 36.4. The molecule has 50 heavy (non-hydrogen) atoms. The van der Waals surface area contributed by atoms with E-state index < -0.39 is 119 Å². The summed E-state index contributed by atoms with van der Waals surface area (Å²) in [5, 5.41) is 73.7. The Kier molecular flexibility index (Phi) is 10.3. The quantitative estimate of drug-likeness (QED) is 0.121. The van der Waals surface area contributed by atoms with Crippen LogP contribution in [0.25, 0.3) is 22.3 Å². The first-order valence-electron chi connectivity index (χ1n) is 15.2. The van der Waals surface area contributed by atoms with Gasteiger partial charge in [0, 0.05) is 25.5 Å². The second-order valence-electron chi connectivity index (χ2n) is 11.7. The largest absolute Gasteiger partial charge is 0.504 e. The summed E-state index contributed by atoms with van der Waals surface area (Å²) in [5.74, 6) is -5.54. The molecular formula is C32H36O18. The van der Waals surface area contributed by atoms with Crippen LogP contribution in [-0.4, -0.2) is 116 Å². The van der Waals surface area contributed by atoms with Gasteiger partial charge in [0.1, 0.15) is 23.2 Å². The Balaban J connectivity index is 1.65. The molecule has 3 aromatic rings. The summed E-state index contributed by atoms with van der Waals surface area (Å²) in [6.45, 7) is 4.96. The molecule has 2 aliphatic rings. The summed E-state index contributed by atoms with van der Waals surface area (Å²) in [7, 11) is 1.13. The minimum absolute atomic E-state index is 0.0555. The molecular weight excluding hydrogens is 672 g/mol. The van der Waals surface area contributed by atoms with Gasteiger partial charge in [-0.1, -0.05) is 0 Å². The number of hydrogen-bond donors (Lipinski definition) is 7. The Morgan fingerprint density at radius 3 is 1.78 bits per heavy atom. The van der Waals surface area contributed by atoms with Crippen molar-refractivity contribution in [1.29, 1.82) is 0 Å². The number of aliphatic hydroxyl groups excluding tert-OH is 4. The third-order valence-electron chi connectivity index (χ3n) is 8.12. The van der Waals surface area contributed by atoms with Crippen molar-refractivity contribution in [2.45, 2.75) is 89.1 Å². The Hall–Kier alpha value is -4.85. The molecule has 0 radical (unpaired) electrons. The van der Waals surface area contributed by atoms with Gasteiger partial charge in [-0.15, -0.1) is 0 Å². The Morgan fingerprint density at radius 1 is 0.740 bits per heavy atom. The molecule has 1 aromatic heterocycles. The maximum absolute atomic E-state index is 14.2. The highest BCUT2D eigenvalue weighted by atomic mass is 16.7. The zero-order chi connectivity index (χ0) is 36.8. The van der Waals surface area contributed by atoms with Crippen LogP contribution in [0.3, 0.4) is 0 Å². The van der Waals surface area contributed by atoms with E-state index in [4.69, 9.17) is 37.6 Å². The van der Waals surface area contributed by atoms with Crippen LogP contribution >= 0.6 is 0 Å². The number of aliphatic hydroxyl groups is 4. The molecule has 272 valence electrons. The number of carbonyl (C=O) groups excluding carboxylic acids is 2. The molecule has 0 aliphatic carbocycles. The molecule has 0 spiro atoms. The van der Waals surface area contributed by atoms with Crippen LogP contribution < -0.4 is 19.6 Å². The minimum Gasteiger partial charge on any atom is -0.504 e. The van der Waals surface area contributed by atoms with Crippen molar-refractivity contribution in [1.82, 2.24) is 0 Å². The number of esters is 2. The summed E-state index contributed by atoms with van der Waals surface area (Å²) in [6.07, 6.45) is -15.0. The van der Waals surface area contributed by atoms with Gasteiger partial charge in [0.2, 0.25) is 29.5 Å². The number of methoxy groups -OCH3 is 1. The minimum atomic E-state index is -1.85. The molecule has 10 atom stereocenters. The summed E-state index contributed by atoms with van der Waals surface area (Å²) in [5.41, 5.74) is -1.50. The molecule has 7 N–H and O–H groups in total. The van der Waals surface area contributed by atoms with Gasteiger partial charge < -0.3 is 73.3 Å². The maximum Gasteiger partial charge on any atom is 0.303 e. The van der Waals surface area contributed by atoms with Crippen molar-refractivity contribution >= 4 is 22.9 Å². The van der Waals surface area contributed by atoms with E-state index >= 15 is 0 Å². The lowest BCUT2D eigenvalue weighted by atomic mass is 9.99. The van der Waals surface area contributed by atoms with Crippen molar-refractivity contribution in [3.63, 3.8) is 0 Å². The number of phenols is 3. The fourth-order valence-electron chi connectivity index (χ4n) is 5.61. The van der Waals surface area contributed by atoms with Crippen molar-refractivity contribution in [2.75, 3.05) is 7.11 Å². The lowest BCUT2D eigenvalue weighted by Crippen LogP contribution is -2.59. The summed E-state index contributed by atoms with van der Waals surface area (Å²) < 4.78 is 44.3. The third kappa shape index (κ3) is 6.80. The molecule has 18 nitrogen and oxygen atoms in total. The van der Waals surface area contributed by atoms with Crippen molar-refractivity contribution in [3.05, 3.63) is 34.5 Å². The first-order chi connectivity index (χ1) is 23.5. The van der Waals surface area contributed by atoms with E-state index in [0.717, 1.165) is 39.2 Å². The molecule has 18 heteroatoms. The number of phenolic OH excluding ortho intramolecular Hbond substituents is 3. The van der Waals surface area contributed by atoms with Crippen LogP contribution in [0.1, 0.15) is 27.7 Å². The number of ether oxygens (including phenoxy) is 7. The van der Waals surface area contributed by atoms with E-state index in [1.807, 2.05) is 0 Å². The maximum atomic E-state index is 14.2. The average Bonchev–Trinajstić information content (AvgIpc) is 3.04. The SMILES string of the molecule is COc1c(O[C@H]2O[C@H](C)[C@H](O)[C@H](OC(C)=O)[C@@H]2O)cc2oc(-c3ccc(O)c(O)c3)c(O[C@@H]3O[C@@H](C)[C@H](O)[C@@H](OC(C)=O)[C@@H]3O)c(=O)c2c1O. The number of aromatic hydroxyl groups is 3. The summed E-state index contributed by atoms with van der Waals surface area (Å²) in [6, 6.07) is 4.44. The highest BCUT2D eigenvalue weighted by Crippen LogP contribution is 2.46. The van der Waals surface area contributed by atoms with Crippen LogP contribution in [0.4, 0.5) is 0 Å². The Labute approximate surface area is 282 Å². The van der Waals surface area contributed by atoms with Crippen LogP contribution in [0.5, 0.6) is 34.5 Å². The smallest absolute Gasteiger partial charge is 0.303 e. The predicted molar refractivity (Wildman–Crippen MR) is 165 cm³/mol. The van der Waals surface area contributed by atoms with Crippen LogP contribution in [-0.2, 0) is 28.5 Å². The summed E-state index contributed by atoms with van der Waals surface area (Å²) >= 11 is 0. The lowest BCUT2D eigenvalue weighted by Gasteiger charge is -2.40. The fourth-order valence-corrected chi connectivity index (χ4v) is 5.61. The van der Waals surface area contributed by atoms with Crippen molar-refractivity contribution < 1.29 is 82.9 Å². The molecule has 0 unspecified atom stereocenters. The molecule has 3 heterocycles. The van der Waals surface area contributed by atoms with Gasteiger partial charge in [0.15, 0.2) is 53.2 Å². The Morgan fingerprint density at radius 2 is 1.28 bits per heavy atom. The average molecular weight is 709 g/mol. The van der Waals surface area contributed by atoms with Crippen LogP contribution in [0, 0.1) is 0 Å². The van der Waals surface area contributed by atoms with Gasteiger partial charge in [-0.05, 0) is 32.0 Å². The molecule has 2 fully saturated rings. The zero-order valence-electron chi connectivity index (χ0n) is 27.2. The molecule has 2 aliphatic heterocycles. The van der Waals surface area contributed by atoms with Crippen molar-refractivity contribution in [2.24, 2.45) is 0 Å². The van der Waals surface area contributed by atoms with Crippen molar-refractivity contribution in [3.8, 4) is 45.8 Å². The van der Waals surface area contributed by atoms with E-state index in [-0.39, 0.29) is 16.9 Å². The van der Waals surface area contributed by atoms with Gasteiger partial charge in [-0.2, -0.15) is 0 Å². The number of benzene rings is 2. The predicted octanol–water partition coefficient (Wildman–Crippen LogP) is 0.140. The Bertz CT molecular complexity index is 1820. The van der Waals surface area contributed by atoms with E-state index in [1.165, 1.54) is 19.9 Å². The number of fused-ring (bicyclic) bond motifs is 1. The number of hydrogen-bond acceptors (Lipinski definition) is 18. The highest BCUT2D eigenvalue weighted by molar-refractivity contribution is 5.91. The van der Waals surface area contributed by atoms with E-state index in [9.17, 15) is 50.1 Å². The van der Waals surface area contributed by atoms with Gasteiger partial charge in [-0.25, -0.2) is 0 Å². The topological polar surface area (TPSA) is 271 Å². The molecule has 0 saturated carbocycles. The number of rotatable bonds is 8. The third-order valence-corrected chi connectivity index (χ3v) is 8.12. The fraction of sp³-hybridized carbons (Fsp3) is 0.469. The van der Waals surface area contributed by atoms with Gasteiger partial charge in [-0.3, -0.25) is 14.4 Å². The second kappa shape index (κ2) is 14.2. The highest BCUT2D eigenvalue weighted by Gasteiger charge is 2.48. The first-order valence-corrected chi connectivity index (χ1v) is 15.2. The standard InChI is InChI=1S/C32H36O18/c1-10-20(37)28(46-12(3)33)24(41)31(44-10)49-18-9-17-19(22(39)27(18)43-5)23(40)30(26(48-17)14-6-7-15(35)16(36)8-14)50-32-25(42)29(47-13(4)34)21(38)11(2)45-32/h6-11,20-21,24-25,28-29,31-32,35-39,41-42H,1-5H3/t10-,11+,20+,21+,24+,25+,28+,29-,31-,32+/m1/s1. The second-order valence-corrected chi connectivity index (χ2v) is 11.7. The van der Waals surface area contributed by atoms with Crippen LogP contribution in [0.15, 0.2) is 33.5 Å². The molecule has 2 saturated heterocycles. The molecule has 0 bridgehead atoms. The van der Waals surface area contributed by atoms with Gasteiger partial charge in [0.05, 0.1) is 19.3 Å². The molecule has 0 amide bonds. The van der Waals surface area contributed by atoms with Crippen LogP contribution in [0.2, 0.25) is 0 Å². The lowest BCUT2D eigenvalue weighted by molar-refractivity contribution is -0.272. The van der Waals surface area contributed by atoms with E-state index in [2.05, 4.69) is 0 Å². The van der Waals surface area contributed by atoms with E-state index in [1.54, 1.807) is 0 Å². The number of carbonyl (C=O) groups is 2. The van der Waals surface area contributed by atoms with Gasteiger partial charge >= 0.3 is 11.9 Å². The molecule has 5 rings (SSSR count). The van der Waals surface area contributed by atoms with E-state index in [0.29, 0.717) is 0 Å².